The summed E-state index contributed by atoms with van der Waals surface area (Å²) in [5.41, 5.74) is 2.29. The number of halogens is 1. The summed E-state index contributed by atoms with van der Waals surface area (Å²) in [7, 11) is 1.86. The van der Waals surface area contributed by atoms with Crippen LogP contribution in [0.4, 0.5) is 5.82 Å². The molecule has 0 saturated carbocycles. The first kappa shape index (κ1) is 12.4. The van der Waals surface area contributed by atoms with Gasteiger partial charge in [-0.25, -0.2) is 0 Å². The first-order chi connectivity index (χ1) is 9.13. The summed E-state index contributed by atoms with van der Waals surface area (Å²) in [5.74, 6) is 0.733. The SMILES string of the molecule is Cn1nc2c(c1NC(=O)Cn1cc(Br)cn1)CCC2. The monoisotopic (exact) mass is 323 g/mol. The number of hydrogen-bond donors (Lipinski definition) is 1. The molecule has 7 heteroatoms. The van der Waals surface area contributed by atoms with Crippen molar-refractivity contribution in [2.45, 2.75) is 25.8 Å². The van der Waals surface area contributed by atoms with E-state index in [2.05, 4.69) is 31.4 Å². The van der Waals surface area contributed by atoms with Gasteiger partial charge in [-0.1, -0.05) is 0 Å². The number of nitrogens with one attached hydrogen (secondary N) is 1. The lowest BCUT2D eigenvalue weighted by Gasteiger charge is -2.07. The first-order valence-corrected chi connectivity index (χ1v) is 6.95. The minimum Gasteiger partial charge on any atom is -0.309 e. The Kier molecular flexibility index (Phi) is 3.14. The molecule has 0 aromatic carbocycles. The molecule has 2 heterocycles. The lowest BCUT2D eigenvalue weighted by molar-refractivity contribution is -0.117. The Morgan fingerprint density at radius 3 is 3.11 bits per heavy atom. The van der Waals surface area contributed by atoms with Gasteiger partial charge in [0.25, 0.3) is 0 Å². The number of carbonyl (C=O) groups is 1. The van der Waals surface area contributed by atoms with Crippen molar-refractivity contribution in [1.29, 1.82) is 0 Å². The van der Waals surface area contributed by atoms with Crippen molar-refractivity contribution in [3.05, 3.63) is 28.1 Å². The van der Waals surface area contributed by atoms with E-state index in [-0.39, 0.29) is 12.5 Å². The first-order valence-electron chi connectivity index (χ1n) is 6.16. The second-order valence-electron chi connectivity index (χ2n) is 4.66. The Hall–Kier alpha value is -1.63. The lowest BCUT2D eigenvalue weighted by atomic mass is 10.2. The molecule has 19 heavy (non-hydrogen) atoms. The van der Waals surface area contributed by atoms with Gasteiger partial charge in [-0.05, 0) is 35.2 Å². The summed E-state index contributed by atoms with van der Waals surface area (Å²) in [6.45, 7) is 0.200. The maximum atomic E-state index is 12.0. The van der Waals surface area contributed by atoms with E-state index < -0.39 is 0 Å². The number of anilines is 1. The maximum Gasteiger partial charge on any atom is 0.247 e. The van der Waals surface area contributed by atoms with Gasteiger partial charge in [0.05, 0.1) is 16.4 Å². The van der Waals surface area contributed by atoms with Crippen molar-refractivity contribution in [3.8, 4) is 0 Å². The fourth-order valence-corrected chi connectivity index (χ4v) is 2.75. The summed E-state index contributed by atoms with van der Waals surface area (Å²) in [6, 6.07) is 0. The molecule has 1 aliphatic carbocycles. The highest BCUT2D eigenvalue weighted by atomic mass is 79.9. The van der Waals surface area contributed by atoms with Crippen LogP contribution >= 0.6 is 15.9 Å². The number of aromatic nitrogens is 4. The number of amides is 1. The van der Waals surface area contributed by atoms with E-state index in [9.17, 15) is 4.79 Å². The van der Waals surface area contributed by atoms with Crippen LogP contribution in [0, 0.1) is 0 Å². The second-order valence-corrected chi connectivity index (χ2v) is 5.57. The number of rotatable bonds is 3. The molecule has 2 aromatic heterocycles. The van der Waals surface area contributed by atoms with Crippen molar-refractivity contribution in [2.75, 3.05) is 5.32 Å². The predicted octanol–water partition coefficient (Wildman–Crippen LogP) is 1.51. The Morgan fingerprint density at radius 1 is 1.53 bits per heavy atom. The molecular weight excluding hydrogens is 310 g/mol. The molecule has 100 valence electrons. The third-order valence-corrected chi connectivity index (χ3v) is 3.64. The molecule has 1 N–H and O–H groups in total. The van der Waals surface area contributed by atoms with Crippen LogP contribution in [-0.2, 0) is 31.2 Å². The number of carbonyl (C=O) groups excluding carboxylic acids is 1. The van der Waals surface area contributed by atoms with Crippen LogP contribution in [0.15, 0.2) is 16.9 Å². The zero-order valence-electron chi connectivity index (χ0n) is 10.6. The highest BCUT2D eigenvalue weighted by molar-refractivity contribution is 9.10. The van der Waals surface area contributed by atoms with Crippen molar-refractivity contribution >= 4 is 27.7 Å². The normalized spacial score (nSPS) is 13.6. The summed E-state index contributed by atoms with van der Waals surface area (Å²) in [4.78, 5) is 12.0. The van der Waals surface area contributed by atoms with E-state index in [1.54, 1.807) is 21.8 Å². The highest BCUT2D eigenvalue weighted by Crippen LogP contribution is 2.27. The Labute approximate surface area is 118 Å². The van der Waals surface area contributed by atoms with Gasteiger partial charge in [0, 0.05) is 18.8 Å². The molecule has 1 amide bonds. The third kappa shape index (κ3) is 2.42. The van der Waals surface area contributed by atoms with E-state index >= 15 is 0 Å². The van der Waals surface area contributed by atoms with E-state index in [1.807, 2.05) is 7.05 Å². The standard InChI is InChI=1S/C12H14BrN5O/c1-17-12(9-3-2-4-10(9)16-17)15-11(19)7-18-6-8(13)5-14-18/h5-6H,2-4,7H2,1H3,(H,15,19). The predicted molar refractivity (Wildman–Crippen MR) is 73.8 cm³/mol. The van der Waals surface area contributed by atoms with Crippen LogP contribution in [0.5, 0.6) is 0 Å². The summed E-state index contributed by atoms with van der Waals surface area (Å²) >= 11 is 3.31. The van der Waals surface area contributed by atoms with E-state index in [4.69, 9.17) is 0 Å². The second kappa shape index (κ2) is 4.80. The molecule has 1 aliphatic rings. The summed E-state index contributed by atoms with van der Waals surface area (Å²) in [6.07, 6.45) is 6.55. The summed E-state index contributed by atoms with van der Waals surface area (Å²) < 4.78 is 4.21. The third-order valence-electron chi connectivity index (χ3n) is 3.23. The Balaban J connectivity index is 1.73. The Morgan fingerprint density at radius 2 is 2.37 bits per heavy atom. The van der Waals surface area contributed by atoms with Gasteiger partial charge in [0.15, 0.2) is 0 Å². The van der Waals surface area contributed by atoms with Gasteiger partial charge in [-0.2, -0.15) is 10.2 Å². The molecule has 6 nitrogen and oxygen atoms in total. The zero-order valence-corrected chi connectivity index (χ0v) is 12.1. The largest absolute Gasteiger partial charge is 0.309 e. The van der Waals surface area contributed by atoms with Gasteiger partial charge >= 0.3 is 0 Å². The van der Waals surface area contributed by atoms with Crippen LogP contribution in [-0.4, -0.2) is 25.5 Å². The molecule has 0 bridgehead atoms. The molecule has 0 unspecified atom stereocenters. The van der Waals surface area contributed by atoms with Crippen LogP contribution in [0.25, 0.3) is 0 Å². The van der Waals surface area contributed by atoms with Gasteiger partial charge in [-0.3, -0.25) is 14.2 Å². The molecule has 0 saturated heterocycles. The van der Waals surface area contributed by atoms with Crippen LogP contribution in [0.1, 0.15) is 17.7 Å². The van der Waals surface area contributed by atoms with Crippen molar-refractivity contribution in [1.82, 2.24) is 19.6 Å². The zero-order chi connectivity index (χ0) is 13.4. The van der Waals surface area contributed by atoms with Crippen molar-refractivity contribution < 1.29 is 4.79 Å². The quantitative estimate of drug-likeness (QED) is 0.931. The number of fused-ring (bicyclic) bond motifs is 1. The molecule has 0 atom stereocenters. The van der Waals surface area contributed by atoms with Crippen LogP contribution in [0.3, 0.4) is 0 Å². The maximum absolute atomic E-state index is 12.0. The van der Waals surface area contributed by atoms with Crippen molar-refractivity contribution in [2.24, 2.45) is 7.05 Å². The topological polar surface area (TPSA) is 64.7 Å². The minimum absolute atomic E-state index is 0.0895. The molecule has 0 fully saturated rings. The molecule has 3 rings (SSSR count). The number of hydrogen-bond acceptors (Lipinski definition) is 3. The van der Waals surface area contributed by atoms with Gasteiger partial charge in [0.1, 0.15) is 12.4 Å². The molecule has 2 aromatic rings. The van der Waals surface area contributed by atoms with Crippen LogP contribution < -0.4 is 5.32 Å². The van der Waals surface area contributed by atoms with Gasteiger partial charge in [0.2, 0.25) is 5.91 Å². The van der Waals surface area contributed by atoms with E-state index in [0.717, 1.165) is 35.2 Å². The highest BCUT2D eigenvalue weighted by Gasteiger charge is 2.22. The summed E-state index contributed by atoms with van der Waals surface area (Å²) in [5, 5.41) is 11.4. The smallest absolute Gasteiger partial charge is 0.247 e. The average molecular weight is 324 g/mol. The van der Waals surface area contributed by atoms with Crippen molar-refractivity contribution in [3.63, 3.8) is 0 Å². The fourth-order valence-electron chi connectivity index (χ4n) is 2.42. The van der Waals surface area contributed by atoms with E-state index in [1.165, 1.54) is 5.56 Å². The molecular formula is C12H14BrN5O. The molecule has 0 aliphatic heterocycles. The number of nitrogens with zero attached hydrogens (tertiary/aromatic N) is 4. The van der Waals surface area contributed by atoms with Crippen LogP contribution in [0.2, 0.25) is 0 Å². The molecule has 0 radical (unpaired) electrons. The van der Waals surface area contributed by atoms with Gasteiger partial charge < -0.3 is 5.32 Å². The number of aryl methyl sites for hydroxylation is 2. The lowest BCUT2D eigenvalue weighted by Crippen LogP contribution is -2.21. The van der Waals surface area contributed by atoms with Gasteiger partial charge in [-0.15, -0.1) is 0 Å². The minimum atomic E-state index is -0.0895. The average Bonchev–Trinajstić information content (AvgIpc) is 3.00. The Bertz CT molecular complexity index is 630. The van der Waals surface area contributed by atoms with E-state index in [0.29, 0.717) is 0 Å². The molecule has 0 spiro atoms. The fraction of sp³-hybridized carbons (Fsp3) is 0.417.